The number of halogens is 1. The number of para-hydroxylation sites is 1. The highest BCUT2D eigenvalue weighted by Crippen LogP contribution is 2.36. The van der Waals surface area contributed by atoms with Crippen molar-refractivity contribution in [2.45, 2.75) is 83.7 Å². The number of carbonyl (C=O) groups excluding carboxylic acids is 1. The van der Waals surface area contributed by atoms with E-state index in [-0.39, 0.29) is 24.5 Å². The van der Waals surface area contributed by atoms with Crippen LogP contribution in [0.5, 0.6) is 0 Å². The number of rotatable bonds is 7. The molecule has 2 aromatic carbocycles. The first-order valence-corrected chi connectivity index (χ1v) is 13.1. The third kappa shape index (κ3) is 6.67. The minimum absolute atomic E-state index is 0. The van der Waals surface area contributed by atoms with E-state index in [0.29, 0.717) is 24.3 Å². The van der Waals surface area contributed by atoms with Gasteiger partial charge in [0.1, 0.15) is 0 Å². The number of hydrogen-bond donors (Lipinski definition) is 1. The molecule has 0 atom stereocenters. The fourth-order valence-electron chi connectivity index (χ4n) is 5.35. The van der Waals surface area contributed by atoms with Crippen molar-refractivity contribution in [3.05, 3.63) is 95.3 Å². The summed E-state index contributed by atoms with van der Waals surface area (Å²) in [6.07, 6.45) is 6.01. The van der Waals surface area contributed by atoms with Gasteiger partial charge < -0.3 is 10.2 Å². The summed E-state index contributed by atoms with van der Waals surface area (Å²) < 4.78 is 0. The number of amides is 2. The van der Waals surface area contributed by atoms with E-state index in [9.17, 15) is 4.79 Å². The van der Waals surface area contributed by atoms with Crippen molar-refractivity contribution >= 4 is 24.1 Å². The topological polar surface area (TPSA) is 45.2 Å². The monoisotopic (exact) mass is 505 g/mol. The van der Waals surface area contributed by atoms with E-state index in [4.69, 9.17) is 0 Å². The third-order valence-corrected chi connectivity index (χ3v) is 7.33. The molecule has 1 fully saturated rings. The van der Waals surface area contributed by atoms with E-state index < -0.39 is 0 Å². The fourth-order valence-corrected chi connectivity index (χ4v) is 5.35. The molecule has 36 heavy (non-hydrogen) atoms. The van der Waals surface area contributed by atoms with Gasteiger partial charge in [-0.05, 0) is 72.3 Å². The average Bonchev–Trinajstić information content (AvgIpc) is 2.88. The highest BCUT2D eigenvalue weighted by molar-refractivity contribution is 5.91. The van der Waals surface area contributed by atoms with Crippen molar-refractivity contribution in [2.75, 3.05) is 5.32 Å². The normalized spacial score (nSPS) is 17.5. The Morgan fingerprint density at radius 1 is 0.861 bits per heavy atom. The molecule has 1 N–H and O–H groups in total. The Morgan fingerprint density at radius 2 is 1.47 bits per heavy atom. The van der Waals surface area contributed by atoms with Crippen LogP contribution in [0.1, 0.15) is 93.5 Å². The molecule has 3 aromatic rings. The van der Waals surface area contributed by atoms with Crippen molar-refractivity contribution in [3.63, 3.8) is 0 Å². The second-order valence-corrected chi connectivity index (χ2v) is 10.4. The summed E-state index contributed by atoms with van der Waals surface area (Å²) in [7, 11) is 0. The molecule has 5 heteroatoms. The lowest BCUT2D eigenvalue weighted by molar-refractivity contribution is 0.157. The van der Waals surface area contributed by atoms with Gasteiger partial charge in [0.2, 0.25) is 0 Å². The molecule has 1 aromatic heterocycles. The molecule has 192 valence electrons. The Morgan fingerprint density at radius 3 is 2.03 bits per heavy atom. The molecule has 2 amide bonds. The predicted octanol–water partition coefficient (Wildman–Crippen LogP) is 8.51. The number of carbonyl (C=O) groups is 1. The zero-order valence-corrected chi connectivity index (χ0v) is 22.8. The van der Waals surface area contributed by atoms with Crippen molar-refractivity contribution in [3.8, 4) is 0 Å². The Kier molecular flexibility index (Phi) is 9.95. The molecular weight excluding hydrogens is 466 g/mol. The van der Waals surface area contributed by atoms with E-state index in [1.165, 1.54) is 16.7 Å². The molecule has 0 bridgehead atoms. The van der Waals surface area contributed by atoms with E-state index in [1.807, 2.05) is 29.3 Å². The first kappa shape index (κ1) is 27.7. The van der Waals surface area contributed by atoms with Gasteiger partial charge in [0.25, 0.3) is 0 Å². The van der Waals surface area contributed by atoms with E-state index in [0.717, 1.165) is 37.1 Å². The number of hydrogen-bond acceptors (Lipinski definition) is 2. The smallest absolute Gasteiger partial charge is 0.316 e. The summed E-state index contributed by atoms with van der Waals surface area (Å²) in [5.41, 5.74) is 5.70. The van der Waals surface area contributed by atoms with Gasteiger partial charge in [-0.25, -0.2) is 4.79 Å². The lowest BCUT2D eigenvalue weighted by atomic mass is 9.81. The molecule has 0 unspecified atom stereocenters. The standard InChI is InChI=1S/C31H39N3O.ClH/c1-22(2)28-14-10-15-29(23(3)4)30(28)33-31(35)34(21-26-13-8-9-20-32-26)27-18-16-25(17-19-27)24-11-6-5-7-12-24;/h5-15,20,22-23,25,27H,16-19,21H2,1-4H3,(H,33,35);1H. The predicted molar refractivity (Wildman–Crippen MR) is 152 cm³/mol. The Balaban J connectivity index is 0.00000361. The summed E-state index contributed by atoms with van der Waals surface area (Å²) in [6, 6.07) is 23.3. The largest absolute Gasteiger partial charge is 0.322 e. The Labute approximate surface area is 222 Å². The van der Waals surface area contributed by atoms with Crippen LogP contribution in [-0.2, 0) is 6.54 Å². The fraction of sp³-hybridized carbons (Fsp3) is 0.419. The van der Waals surface area contributed by atoms with Crippen LogP contribution in [0.2, 0.25) is 0 Å². The minimum atomic E-state index is -0.0196. The van der Waals surface area contributed by atoms with Crippen LogP contribution >= 0.6 is 12.4 Å². The van der Waals surface area contributed by atoms with Crippen molar-refractivity contribution in [1.29, 1.82) is 0 Å². The number of nitrogens with one attached hydrogen (secondary N) is 1. The maximum Gasteiger partial charge on any atom is 0.322 e. The van der Waals surface area contributed by atoms with Gasteiger partial charge in [0.05, 0.1) is 12.2 Å². The number of benzene rings is 2. The average molecular weight is 506 g/mol. The summed E-state index contributed by atoms with van der Waals surface area (Å²) in [5.74, 6) is 1.23. The van der Waals surface area contributed by atoms with Gasteiger partial charge in [-0.3, -0.25) is 4.98 Å². The first-order valence-electron chi connectivity index (χ1n) is 13.1. The van der Waals surface area contributed by atoms with Crippen LogP contribution in [-0.4, -0.2) is 22.0 Å². The minimum Gasteiger partial charge on any atom is -0.316 e. The Bertz CT molecular complexity index is 1070. The van der Waals surface area contributed by atoms with Gasteiger partial charge >= 0.3 is 6.03 Å². The number of pyridine rings is 1. The summed E-state index contributed by atoms with van der Waals surface area (Å²) in [4.78, 5) is 20.5. The quantitative estimate of drug-likeness (QED) is 0.349. The number of urea groups is 1. The van der Waals surface area contributed by atoms with Crippen molar-refractivity contribution < 1.29 is 4.79 Å². The van der Waals surface area contributed by atoms with Crippen LogP contribution in [0.4, 0.5) is 10.5 Å². The second kappa shape index (κ2) is 12.9. The van der Waals surface area contributed by atoms with E-state index >= 15 is 0 Å². The van der Waals surface area contributed by atoms with Gasteiger partial charge in [-0.2, -0.15) is 0 Å². The first-order chi connectivity index (χ1) is 16.9. The number of anilines is 1. The SMILES string of the molecule is CC(C)c1cccc(C(C)C)c1NC(=O)N(Cc1ccccn1)C1CCC(c2ccccc2)CC1.Cl. The molecule has 1 aliphatic carbocycles. The molecule has 0 saturated heterocycles. The molecule has 0 spiro atoms. The summed E-state index contributed by atoms with van der Waals surface area (Å²) in [5, 5.41) is 3.36. The highest BCUT2D eigenvalue weighted by atomic mass is 35.5. The van der Waals surface area contributed by atoms with Gasteiger partial charge in [0, 0.05) is 17.9 Å². The zero-order chi connectivity index (χ0) is 24.8. The van der Waals surface area contributed by atoms with Crippen LogP contribution < -0.4 is 5.32 Å². The summed E-state index contributed by atoms with van der Waals surface area (Å²) >= 11 is 0. The maximum atomic E-state index is 13.9. The number of nitrogens with zero attached hydrogens (tertiary/aromatic N) is 2. The lowest BCUT2D eigenvalue weighted by Crippen LogP contribution is -2.44. The maximum absolute atomic E-state index is 13.9. The van der Waals surface area contributed by atoms with Gasteiger partial charge in [-0.1, -0.05) is 82.3 Å². The van der Waals surface area contributed by atoms with Gasteiger partial charge in [-0.15, -0.1) is 12.4 Å². The molecular formula is C31H40ClN3O. The molecule has 1 aliphatic rings. The van der Waals surface area contributed by atoms with E-state index in [1.54, 1.807) is 0 Å². The molecule has 1 saturated carbocycles. The molecule has 1 heterocycles. The number of aromatic nitrogens is 1. The van der Waals surface area contributed by atoms with E-state index in [2.05, 4.69) is 86.5 Å². The third-order valence-electron chi connectivity index (χ3n) is 7.33. The van der Waals surface area contributed by atoms with Crippen LogP contribution in [0.15, 0.2) is 72.9 Å². The van der Waals surface area contributed by atoms with Crippen LogP contribution in [0.25, 0.3) is 0 Å². The van der Waals surface area contributed by atoms with Crippen LogP contribution in [0, 0.1) is 0 Å². The van der Waals surface area contributed by atoms with Gasteiger partial charge in [0.15, 0.2) is 0 Å². The lowest BCUT2D eigenvalue weighted by Gasteiger charge is -2.37. The second-order valence-electron chi connectivity index (χ2n) is 10.4. The zero-order valence-electron chi connectivity index (χ0n) is 22.0. The molecule has 0 aliphatic heterocycles. The molecule has 4 rings (SSSR count). The highest BCUT2D eigenvalue weighted by Gasteiger charge is 2.30. The summed E-state index contributed by atoms with van der Waals surface area (Å²) in [6.45, 7) is 9.27. The van der Waals surface area contributed by atoms with Crippen molar-refractivity contribution in [2.24, 2.45) is 0 Å². The molecule has 0 radical (unpaired) electrons. The van der Waals surface area contributed by atoms with Crippen molar-refractivity contribution in [1.82, 2.24) is 9.88 Å². The Hall–Kier alpha value is -2.85. The molecule has 4 nitrogen and oxygen atoms in total. The van der Waals surface area contributed by atoms with Crippen LogP contribution in [0.3, 0.4) is 0 Å².